The Bertz CT molecular complexity index is 269. The van der Waals surface area contributed by atoms with Crippen LogP contribution in [-0.2, 0) is 20.4 Å². The molecule has 0 aromatic rings. The van der Waals surface area contributed by atoms with Crippen molar-refractivity contribution in [2.75, 3.05) is 0 Å². The number of allylic oxidation sites excluding steroid dienone is 2. The van der Waals surface area contributed by atoms with Crippen LogP contribution in [0.1, 0.15) is 103 Å². The number of hydrogen-bond acceptors (Lipinski definition) is 0. The molecule has 0 atom stereocenters. The zero-order chi connectivity index (χ0) is 16.3. The van der Waals surface area contributed by atoms with Gasteiger partial charge in [-0.25, -0.2) is 19.1 Å². The Kier molecular flexibility index (Phi) is 16.6. The van der Waals surface area contributed by atoms with Crippen LogP contribution in [-0.4, -0.2) is 17.0 Å². The Morgan fingerprint density at radius 2 is 0.880 bits per heavy atom. The Morgan fingerprint density at radius 1 is 0.640 bits per heavy atom. The maximum Gasteiger partial charge on any atom is 2.00 e. The van der Waals surface area contributed by atoms with Crippen LogP contribution >= 0.6 is 7.92 Å². The van der Waals surface area contributed by atoms with Crippen molar-refractivity contribution in [3.05, 3.63) is 19.1 Å². The van der Waals surface area contributed by atoms with Crippen LogP contribution in [0.4, 0.5) is 0 Å². The molecule has 3 aliphatic carbocycles. The third kappa shape index (κ3) is 9.15. The molecule has 0 nitrogen and oxygen atoms in total. The van der Waals surface area contributed by atoms with Crippen LogP contribution in [0.3, 0.4) is 0 Å². The van der Waals surface area contributed by atoms with Gasteiger partial charge in [0.1, 0.15) is 0 Å². The number of rotatable bonds is 3. The molecule has 0 amide bonds. The van der Waals surface area contributed by atoms with E-state index >= 15 is 0 Å². The van der Waals surface area contributed by atoms with E-state index in [1.54, 1.807) is 83.1 Å². The molecule has 0 unspecified atom stereocenters. The van der Waals surface area contributed by atoms with E-state index < -0.39 is 0 Å². The van der Waals surface area contributed by atoms with Gasteiger partial charge in [0, 0.05) is 0 Å². The average molecular weight is 477 g/mol. The van der Waals surface area contributed by atoms with Gasteiger partial charge in [0.15, 0.2) is 0 Å². The maximum atomic E-state index is 3.42. The first-order valence-corrected chi connectivity index (χ1v) is 12.1. The summed E-state index contributed by atoms with van der Waals surface area (Å²) in [4.78, 5) is 0. The van der Waals surface area contributed by atoms with Crippen molar-refractivity contribution in [3.63, 3.8) is 0 Å². The minimum Gasteiger partial charge on any atom is -1.00 e. The Labute approximate surface area is 179 Å². The minimum absolute atomic E-state index is 0. The monoisotopic (exact) mass is 476 g/mol. The van der Waals surface area contributed by atoms with E-state index in [0.717, 1.165) is 0 Å². The summed E-state index contributed by atoms with van der Waals surface area (Å²) in [7, 11) is 0.385. The summed E-state index contributed by atoms with van der Waals surface area (Å²) in [5.74, 6) is 0. The third-order valence-electron chi connectivity index (χ3n) is 6.22. The van der Waals surface area contributed by atoms with Crippen LogP contribution in [0, 0.1) is 6.92 Å². The molecule has 0 bridgehead atoms. The van der Waals surface area contributed by atoms with Crippen molar-refractivity contribution in [1.29, 1.82) is 0 Å². The zero-order valence-electron chi connectivity index (χ0n) is 16.3. The Morgan fingerprint density at radius 3 is 1.08 bits per heavy atom. The van der Waals surface area contributed by atoms with Gasteiger partial charge in [0.2, 0.25) is 0 Å². The van der Waals surface area contributed by atoms with Crippen LogP contribution in [0.15, 0.2) is 12.2 Å². The van der Waals surface area contributed by atoms with Crippen molar-refractivity contribution in [2.45, 2.75) is 120 Å². The molecule has 0 aromatic heterocycles. The fourth-order valence-electron chi connectivity index (χ4n) is 5.03. The van der Waals surface area contributed by atoms with E-state index in [2.05, 4.69) is 6.92 Å². The summed E-state index contributed by atoms with van der Waals surface area (Å²) in [6.07, 6.45) is 27.3. The largest absolute Gasteiger partial charge is 2.00 e. The molecule has 3 rings (SSSR count). The molecule has 3 fully saturated rings. The molecule has 0 spiro atoms. The summed E-state index contributed by atoms with van der Waals surface area (Å²) in [5, 5.41) is 0. The first-order chi connectivity index (χ1) is 11.4. The van der Waals surface area contributed by atoms with Gasteiger partial charge in [-0.05, 0) is 55.5 Å². The van der Waals surface area contributed by atoms with E-state index in [1.807, 2.05) is 13.0 Å². The number of hydrogen-bond donors (Lipinski definition) is 0. The molecule has 0 heterocycles. The SMILES string of the molecule is C1CCC(P(C2CCCCC2)C2CCCCC2)CC1.[CH2-]/C=C\C.[Cl-].[Pd+2]. The summed E-state index contributed by atoms with van der Waals surface area (Å²) < 4.78 is 0. The number of halogens is 1. The van der Waals surface area contributed by atoms with Gasteiger partial charge >= 0.3 is 20.4 Å². The molecular weight excluding hydrogens is 437 g/mol. The van der Waals surface area contributed by atoms with Gasteiger partial charge in [-0.3, -0.25) is 0 Å². The second kappa shape index (κ2) is 16.0. The van der Waals surface area contributed by atoms with Crippen LogP contribution < -0.4 is 12.4 Å². The van der Waals surface area contributed by atoms with Crippen molar-refractivity contribution < 1.29 is 32.8 Å². The van der Waals surface area contributed by atoms with E-state index in [4.69, 9.17) is 0 Å². The first kappa shape index (κ1) is 26.0. The maximum absolute atomic E-state index is 3.42. The molecule has 25 heavy (non-hydrogen) atoms. The van der Waals surface area contributed by atoms with Crippen LogP contribution in [0.5, 0.6) is 0 Å². The van der Waals surface area contributed by atoms with Gasteiger partial charge in [0.05, 0.1) is 0 Å². The average Bonchev–Trinajstić information content (AvgIpc) is 2.65. The molecule has 0 radical (unpaired) electrons. The summed E-state index contributed by atoms with van der Waals surface area (Å²) >= 11 is 0. The third-order valence-corrected chi connectivity index (χ3v) is 10.3. The first-order valence-electron chi connectivity index (χ1n) is 10.5. The Hall–Kier alpha value is 0.992. The predicted molar refractivity (Wildman–Crippen MR) is 108 cm³/mol. The van der Waals surface area contributed by atoms with Crippen molar-refractivity contribution >= 4 is 7.92 Å². The normalized spacial score (nSPS) is 23.4. The van der Waals surface area contributed by atoms with Crippen molar-refractivity contribution in [1.82, 2.24) is 0 Å². The summed E-state index contributed by atoms with van der Waals surface area (Å²) in [6, 6.07) is 0. The molecule has 0 N–H and O–H groups in total. The van der Waals surface area contributed by atoms with E-state index in [0.29, 0.717) is 7.92 Å². The van der Waals surface area contributed by atoms with Gasteiger partial charge < -0.3 is 12.4 Å². The van der Waals surface area contributed by atoms with Crippen molar-refractivity contribution in [3.8, 4) is 0 Å². The molecule has 3 heteroatoms. The minimum atomic E-state index is 0. The molecule has 3 saturated carbocycles. The Balaban J connectivity index is 0.000000874. The molecular formula is C22H40ClPPd. The smallest absolute Gasteiger partial charge is 1.00 e. The summed E-state index contributed by atoms with van der Waals surface area (Å²) in [6.45, 7) is 5.36. The predicted octanol–water partition coefficient (Wildman–Crippen LogP) is 4.86. The quantitative estimate of drug-likeness (QED) is 0.309. The topological polar surface area (TPSA) is 0 Å². The van der Waals surface area contributed by atoms with Gasteiger partial charge in [0.25, 0.3) is 0 Å². The van der Waals surface area contributed by atoms with Crippen LogP contribution in [0.2, 0.25) is 0 Å². The molecule has 0 aliphatic heterocycles. The van der Waals surface area contributed by atoms with E-state index in [9.17, 15) is 0 Å². The second-order valence-corrected chi connectivity index (χ2v) is 11.0. The zero-order valence-corrected chi connectivity index (χ0v) is 19.5. The van der Waals surface area contributed by atoms with E-state index in [1.165, 1.54) is 36.2 Å². The van der Waals surface area contributed by atoms with E-state index in [-0.39, 0.29) is 32.8 Å². The molecule has 3 aliphatic rings. The molecule has 0 aromatic carbocycles. The van der Waals surface area contributed by atoms with Crippen molar-refractivity contribution in [2.24, 2.45) is 0 Å². The standard InChI is InChI=1S/C18H33P.C4H7.ClH.Pd/c1-4-10-16(11-5-1)19(17-12-6-2-7-13-17)18-14-8-3-9-15-18;1-3-4-2;;/h16-18H,1-15H2;3-4H,1H2,2H3;1H;/q;-1;;+2/p-1/b;4-3-;;. The molecule has 0 saturated heterocycles. The van der Waals surface area contributed by atoms with Gasteiger partial charge in [-0.15, -0.1) is 6.92 Å². The fourth-order valence-corrected chi connectivity index (χ4v) is 9.71. The fraction of sp³-hybridized carbons (Fsp3) is 0.864. The van der Waals surface area contributed by atoms with Gasteiger partial charge in [-0.2, -0.15) is 0 Å². The van der Waals surface area contributed by atoms with Gasteiger partial charge in [-0.1, -0.05) is 65.7 Å². The summed E-state index contributed by atoms with van der Waals surface area (Å²) in [5.41, 5.74) is 3.57. The molecule has 150 valence electrons. The van der Waals surface area contributed by atoms with Crippen LogP contribution in [0.25, 0.3) is 0 Å². The second-order valence-electron chi connectivity index (χ2n) is 7.89.